The predicted octanol–water partition coefficient (Wildman–Crippen LogP) is 3.33. The van der Waals surface area contributed by atoms with E-state index in [1.165, 1.54) is 40.5 Å². The molecule has 0 atom stereocenters. The number of amides is 1. The molecule has 0 unspecified atom stereocenters. The molecule has 0 aliphatic carbocycles. The van der Waals surface area contributed by atoms with Gasteiger partial charge in [-0.15, -0.1) is 10.2 Å². The van der Waals surface area contributed by atoms with Gasteiger partial charge in [0.15, 0.2) is 5.82 Å². The summed E-state index contributed by atoms with van der Waals surface area (Å²) in [7, 11) is 0. The molecule has 0 fully saturated rings. The second-order valence-corrected chi connectivity index (χ2v) is 8.27. The van der Waals surface area contributed by atoms with Crippen LogP contribution in [0.5, 0.6) is 0 Å². The lowest BCUT2D eigenvalue weighted by atomic mass is 10.0. The van der Waals surface area contributed by atoms with Crippen LogP contribution in [-0.2, 0) is 26.1 Å². The Bertz CT molecular complexity index is 1110. The van der Waals surface area contributed by atoms with Gasteiger partial charge in [0, 0.05) is 38.2 Å². The zero-order valence-electron chi connectivity index (χ0n) is 18.3. The Labute approximate surface area is 182 Å². The van der Waals surface area contributed by atoms with Gasteiger partial charge in [-0.2, -0.15) is 0 Å². The fourth-order valence-corrected chi connectivity index (χ4v) is 4.04. The molecule has 4 rings (SSSR count). The summed E-state index contributed by atoms with van der Waals surface area (Å²) < 4.78 is 15.5. The Morgan fingerprint density at radius 1 is 1.03 bits per heavy atom. The molecule has 1 aliphatic rings. The van der Waals surface area contributed by atoms with Crippen molar-refractivity contribution in [2.45, 2.75) is 46.8 Å². The van der Waals surface area contributed by atoms with Crippen molar-refractivity contribution in [1.82, 2.24) is 25.0 Å². The number of aryl methyl sites for hydroxylation is 3. The Morgan fingerprint density at radius 2 is 1.84 bits per heavy atom. The lowest BCUT2D eigenvalue weighted by Crippen LogP contribution is -2.28. The van der Waals surface area contributed by atoms with E-state index < -0.39 is 5.82 Å². The van der Waals surface area contributed by atoms with Crippen LogP contribution < -0.4 is 5.32 Å². The Hall–Kier alpha value is -3.06. The van der Waals surface area contributed by atoms with Gasteiger partial charge in [0.25, 0.3) is 5.91 Å². The number of nitrogens with zero attached hydrogens (tertiary/aromatic N) is 4. The zero-order chi connectivity index (χ0) is 22.0. The molecule has 2 heterocycles. The maximum absolute atomic E-state index is 13.4. The zero-order valence-corrected chi connectivity index (χ0v) is 18.3. The molecule has 1 aliphatic heterocycles. The minimum Gasteiger partial charge on any atom is -0.345 e. The number of aromatic nitrogens is 3. The van der Waals surface area contributed by atoms with Crippen LogP contribution in [0.3, 0.4) is 0 Å². The summed E-state index contributed by atoms with van der Waals surface area (Å²) in [4.78, 5) is 14.8. The first-order valence-electron chi connectivity index (χ1n) is 10.6. The molecule has 0 saturated heterocycles. The third kappa shape index (κ3) is 4.82. The predicted molar refractivity (Wildman–Crippen MR) is 117 cm³/mol. The van der Waals surface area contributed by atoms with Crippen LogP contribution in [-0.4, -0.2) is 38.7 Å². The average molecular weight is 422 g/mol. The molecule has 162 valence electrons. The molecule has 2 aromatic carbocycles. The van der Waals surface area contributed by atoms with Crippen molar-refractivity contribution >= 4 is 5.91 Å². The van der Waals surface area contributed by atoms with Crippen LogP contribution in [0.2, 0.25) is 0 Å². The van der Waals surface area contributed by atoms with Crippen LogP contribution >= 0.6 is 0 Å². The minimum absolute atomic E-state index is 0.263. The molecule has 0 bridgehead atoms. The van der Waals surface area contributed by atoms with Crippen molar-refractivity contribution in [1.29, 1.82) is 0 Å². The van der Waals surface area contributed by atoms with Gasteiger partial charge in [-0.05, 0) is 61.2 Å². The average Bonchev–Trinajstić information content (AvgIpc) is 3.02. The smallest absolute Gasteiger partial charge is 0.251 e. The maximum atomic E-state index is 13.4. The lowest BCUT2D eigenvalue weighted by molar-refractivity contribution is 0.0949. The SMILES string of the molecule is Cc1cc(C)c(CN2CCc3nnc(CNC(=O)c4cccc(F)c4)n3CC2)cc1C. The maximum Gasteiger partial charge on any atom is 0.251 e. The summed E-state index contributed by atoms with van der Waals surface area (Å²) >= 11 is 0. The molecule has 6 nitrogen and oxygen atoms in total. The molecule has 0 radical (unpaired) electrons. The topological polar surface area (TPSA) is 63.1 Å². The van der Waals surface area contributed by atoms with Crippen LogP contribution in [0.1, 0.15) is 44.3 Å². The van der Waals surface area contributed by atoms with Crippen LogP contribution in [0.4, 0.5) is 4.39 Å². The van der Waals surface area contributed by atoms with Gasteiger partial charge in [0.05, 0.1) is 6.54 Å². The van der Waals surface area contributed by atoms with E-state index in [-0.39, 0.29) is 12.5 Å². The van der Waals surface area contributed by atoms with E-state index in [9.17, 15) is 9.18 Å². The lowest BCUT2D eigenvalue weighted by Gasteiger charge is -2.21. The molecule has 7 heteroatoms. The summed E-state index contributed by atoms with van der Waals surface area (Å²) in [6.45, 7) is 10.2. The fraction of sp³-hybridized carbons (Fsp3) is 0.375. The number of nitrogens with one attached hydrogen (secondary N) is 1. The molecular formula is C24H28FN5O. The monoisotopic (exact) mass is 421 g/mol. The van der Waals surface area contributed by atoms with E-state index in [1.54, 1.807) is 6.07 Å². The molecular weight excluding hydrogens is 393 g/mol. The first-order valence-corrected chi connectivity index (χ1v) is 10.6. The van der Waals surface area contributed by atoms with Gasteiger partial charge in [0.1, 0.15) is 11.6 Å². The van der Waals surface area contributed by atoms with E-state index in [0.29, 0.717) is 5.56 Å². The molecule has 1 aromatic heterocycles. The molecule has 1 amide bonds. The van der Waals surface area contributed by atoms with Gasteiger partial charge in [-0.25, -0.2) is 4.39 Å². The molecule has 0 saturated carbocycles. The van der Waals surface area contributed by atoms with E-state index in [4.69, 9.17) is 0 Å². The summed E-state index contributed by atoms with van der Waals surface area (Å²) in [5, 5.41) is 11.4. The number of fused-ring (bicyclic) bond motifs is 1. The number of benzene rings is 2. The normalized spacial score (nSPS) is 14.2. The third-order valence-corrected chi connectivity index (χ3v) is 6.04. The Morgan fingerprint density at radius 3 is 2.65 bits per heavy atom. The molecule has 0 spiro atoms. The second kappa shape index (κ2) is 8.98. The van der Waals surface area contributed by atoms with Crippen molar-refractivity contribution in [3.63, 3.8) is 0 Å². The van der Waals surface area contributed by atoms with Crippen molar-refractivity contribution in [3.05, 3.63) is 81.7 Å². The number of carbonyl (C=O) groups excluding carboxylic acids is 1. The van der Waals surface area contributed by atoms with E-state index >= 15 is 0 Å². The summed E-state index contributed by atoms with van der Waals surface area (Å²) in [5.74, 6) is 0.915. The first-order chi connectivity index (χ1) is 14.9. The van der Waals surface area contributed by atoms with E-state index in [0.717, 1.165) is 44.2 Å². The van der Waals surface area contributed by atoms with Gasteiger partial charge in [-0.3, -0.25) is 9.69 Å². The second-order valence-electron chi connectivity index (χ2n) is 8.27. The minimum atomic E-state index is -0.428. The summed E-state index contributed by atoms with van der Waals surface area (Å²) in [6, 6.07) is 10.2. The van der Waals surface area contributed by atoms with Gasteiger partial charge < -0.3 is 9.88 Å². The van der Waals surface area contributed by atoms with Crippen molar-refractivity contribution in [3.8, 4) is 0 Å². The van der Waals surface area contributed by atoms with Gasteiger partial charge in [0.2, 0.25) is 0 Å². The van der Waals surface area contributed by atoms with Crippen LogP contribution in [0.15, 0.2) is 36.4 Å². The highest BCUT2D eigenvalue weighted by Gasteiger charge is 2.20. The largest absolute Gasteiger partial charge is 0.345 e. The number of hydrogen-bond acceptors (Lipinski definition) is 4. The summed E-state index contributed by atoms with van der Waals surface area (Å²) in [5.41, 5.74) is 5.64. The van der Waals surface area contributed by atoms with Crippen molar-refractivity contribution in [2.75, 3.05) is 13.1 Å². The Balaban J connectivity index is 1.39. The number of hydrogen-bond donors (Lipinski definition) is 1. The van der Waals surface area contributed by atoms with Crippen molar-refractivity contribution < 1.29 is 9.18 Å². The third-order valence-electron chi connectivity index (χ3n) is 6.04. The molecule has 31 heavy (non-hydrogen) atoms. The van der Waals surface area contributed by atoms with Gasteiger partial charge in [-0.1, -0.05) is 18.2 Å². The number of halogens is 1. The van der Waals surface area contributed by atoms with Crippen LogP contribution in [0, 0.1) is 26.6 Å². The highest BCUT2D eigenvalue weighted by atomic mass is 19.1. The van der Waals surface area contributed by atoms with Gasteiger partial charge >= 0.3 is 0 Å². The number of rotatable bonds is 5. The Kier molecular flexibility index (Phi) is 6.13. The fourth-order valence-electron chi connectivity index (χ4n) is 4.04. The van der Waals surface area contributed by atoms with Crippen LogP contribution in [0.25, 0.3) is 0 Å². The van der Waals surface area contributed by atoms with E-state index in [1.807, 2.05) is 0 Å². The quantitative estimate of drug-likeness (QED) is 0.686. The molecule has 1 N–H and O–H groups in total. The van der Waals surface area contributed by atoms with Crippen molar-refractivity contribution in [2.24, 2.45) is 0 Å². The molecule has 3 aromatic rings. The highest BCUT2D eigenvalue weighted by Crippen LogP contribution is 2.19. The number of carbonyl (C=O) groups is 1. The standard InChI is InChI=1S/C24H28FN5O/c1-16-11-18(3)20(12-17(16)2)15-29-8-7-22-27-28-23(30(22)10-9-29)14-26-24(31)19-5-4-6-21(25)13-19/h4-6,11-13H,7-10,14-15H2,1-3H3,(H,26,31). The first kappa shape index (κ1) is 21.2. The highest BCUT2D eigenvalue weighted by molar-refractivity contribution is 5.94. The van der Waals surface area contributed by atoms with E-state index in [2.05, 4.69) is 57.9 Å². The summed E-state index contributed by atoms with van der Waals surface area (Å²) in [6.07, 6.45) is 0.814.